The second-order valence-corrected chi connectivity index (χ2v) is 16.4. The Hall–Kier alpha value is -6.90. The molecule has 2 nitrogen and oxygen atoms in total. The molecule has 0 spiro atoms. The number of fused-ring (bicyclic) bond motifs is 8. The third kappa shape index (κ3) is 5.63. The van der Waals surface area contributed by atoms with Crippen molar-refractivity contribution in [2.24, 2.45) is 17.8 Å². The van der Waals surface area contributed by atoms with Crippen LogP contribution in [0, 0.1) is 17.8 Å². The van der Waals surface area contributed by atoms with Crippen LogP contribution in [0.5, 0.6) is 0 Å². The lowest BCUT2D eigenvalue weighted by atomic mass is 9.66. The summed E-state index contributed by atoms with van der Waals surface area (Å²) in [7, 11) is 0. The van der Waals surface area contributed by atoms with Crippen molar-refractivity contribution in [3.8, 4) is 33.8 Å². The van der Waals surface area contributed by atoms with Crippen molar-refractivity contribution >= 4 is 33.1 Å². The molecule has 7 aromatic rings. The van der Waals surface area contributed by atoms with Gasteiger partial charge in [0.05, 0.1) is 11.4 Å². The lowest BCUT2D eigenvalue weighted by molar-refractivity contribution is 0.600. The maximum Gasteiger partial charge on any atom is 0.160 e. The Kier molecular flexibility index (Phi) is 7.66. The normalized spacial score (nSPS) is 21.1. The molecule has 0 radical (unpaired) electrons. The van der Waals surface area contributed by atoms with Gasteiger partial charge in [0.1, 0.15) is 0 Å². The molecule has 12 rings (SSSR count). The van der Waals surface area contributed by atoms with E-state index in [0.29, 0.717) is 23.7 Å². The van der Waals surface area contributed by atoms with Gasteiger partial charge in [-0.3, -0.25) is 0 Å². The molecule has 4 atom stereocenters. The molecule has 1 heterocycles. The molecule has 0 amide bonds. The average Bonchev–Trinajstić information content (AvgIpc) is 3.95. The fourth-order valence-electron chi connectivity index (χ4n) is 10.1. The maximum atomic E-state index is 5.21. The predicted molar refractivity (Wildman–Crippen MR) is 240 cm³/mol. The van der Waals surface area contributed by atoms with Crippen LogP contribution in [0.1, 0.15) is 46.7 Å². The number of benzene rings is 6. The Morgan fingerprint density at radius 2 is 1.17 bits per heavy atom. The topological polar surface area (TPSA) is 25.8 Å². The lowest BCUT2D eigenvalue weighted by Gasteiger charge is -2.37. The Balaban J connectivity index is 0.904. The van der Waals surface area contributed by atoms with Crippen LogP contribution < -0.4 is 0 Å². The van der Waals surface area contributed by atoms with Crippen LogP contribution in [0.25, 0.3) is 66.8 Å². The number of rotatable bonds is 6. The summed E-state index contributed by atoms with van der Waals surface area (Å²) >= 11 is 0. The van der Waals surface area contributed by atoms with E-state index in [9.17, 15) is 0 Å². The van der Waals surface area contributed by atoms with Gasteiger partial charge in [-0.2, -0.15) is 0 Å². The van der Waals surface area contributed by atoms with E-state index in [4.69, 9.17) is 9.97 Å². The van der Waals surface area contributed by atoms with Crippen molar-refractivity contribution < 1.29 is 0 Å². The summed E-state index contributed by atoms with van der Waals surface area (Å²) in [6.07, 6.45) is 18.7. The highest BCUT2D eigenvalue weighted by Gasteiger charge is 2.50. The molecule has 5 aliphatic carbocycles. The van der Waals surface area contributed by atoms with E-state index in [2.05, 4.69) is 188 Å². The molecular weight excluding hydrogens is 701 g/mol. The molecule has 0 bridgehead atoms. The third-order valence-corrected chi connectivity index (χ3v) is 13.1. The number of nitrogens with zero attached hydrogens (tertiary/aromatic N) is 2. The monoisotopic (exact) mass is 740 g/mol. The van der Waals surface area contributed by atoms with Gasteiger partial charge in [-0.25, -0.2) is 9.97 Å². The smallest absolute Gasteiger partial charge is 0.160 e. The fraction of sp³-hybridized carbons (Fsp3) is 0.107. The predicted octanol–water partition coefficient (Wildman–Crippen LogP) is 13.8. The molecule has 58 heavy (non-hydrogen) atoms. The average molecular weight is 741 g/mol. The van der Waals surface area contributed by atoms with E-state index >= 15 is 0 Å². The summed E-state index contributed by atoms with van der Waals surface area (Å²) in [4.78, 5) is 10.4. The van der Waals surface area contributed by atoms with E-state index < -0.39 is 0 Å². The highest BCUT2D eigenvalue weighted by molar-refractivity contribution is 5.97. The van der Waals surface area contributed by atoms with Gasteiger partial charge in [0.25, 0.3) is 0 Å². The second kappa shape index (κ2) is 13.4. The van der Waals surface area contributed by atoms with E-state index in [-0.39, 0.29) is 0 Å². The summed E-state index contributed by atoms with van der Waals surface area (Å²) in [6, 6.07) is 54.9. The molecule has 5 aliphatic rings. The van der Waals surface area contributed by atoms with Gasteiger partial charge in [0.15, 0.2) is 5.82 Å². The van der Waals surface area contributed by atoms with E-state index in [0.717, 1.165) is 34.8 Å². The van der Waals surface area contributed by atoms with Crippen molar-refractivity contribution in [1.82, 2.24) is 9.97 Å². The van der Waals surface area contributed by atoms with E-state index in [1.165, 1.54) is 72.9 Å². The van der Waals surface area contributed by atoms with Crippen LogP contribution in [0.15, 0.2) is 200 Å². The van der Waals surface area contributed by atoms with Crippen molar-refractivity contribution in [3.05, 3.63) is 228 Å². The fourth-order valence-corrected chi connectivity index (χ4v) is 10.1. The summed E-state index contributed by atoms with van der Waals surface area (Å²) < 4.78 is 0. The van der Waals surface area contributed by atoms with Crippen LogP contribution in [-0.4, -0.2) is 9.97 Å². The zero-order chi connectivity index (χ0) is 38.2. The zero-order valence-electron chi connectivity index (χ0n) is 32.1. The van der Waals surface area contributed by atoms with E-state index in [1.807, 2.05) is 6.07 Å². The van der Waals surface area contributed by atoms with E-state index in [1.54, 1.807) is 5.57 Å². The minimum absolute atomic E-state index is 0.361. The highest BCUT2D eigenvalue weighted by atomic mass is 14.9. The Morgan fingerprint density at radius 1 is 0.466 bits per heavy atom. The molecule has 2 heteroatoms. The summed E-state index contributed by atoms with van der Waals surface area (Å²) in [5.41, 5.74) is 19.0. The second-order valence-electron chi connectivity index (χ2n) is 16.4. The largest absolute Gasteiger partial charge is 0.228 e. The van der Waals surface area contributed by atoms with Crippen LogP contribution >= 0.6 is 0 Å². The molecule has 0 saturated heterocycles. The van der Waals surface area contributed by atoms with Gasteiger partial charge >= 0.3 is 0 Å². The molecule has 274 valence electrons. The summed E-state index contributed by atoms with van der Waals surface area (Å²) in [6.45, 7) is 0. The van der Waals surface area contributed by atoms with Gasteiger partial charge in [0, 0.05) is 29.4 Å². The van der Waals surface area contributed by atoms with Crippen LogP contribution in [-0.2, 0) is 0 Å². The number of hydrogen-bond acceptors (Lipinski definition) is 2. The van der Waals surface area contributed by atoms with Crippen LogP contribution in [0.4, 0.5) is 0 Å². The Morgan fingerprint density at radius 3 is 2.03 bits per heavy atom. The SMILES string of the molecule is C1=CC2C(c3ccc4ccccc4c3)=CC3=C(C2C=C1)C1CC1c1ccc(C2=CC=C(c4cc(-c5cccc(-c6ccccc6)c5)nc(-c5ccccc5)n4)C2)cc13. The van der Waals surface area contributed by atoms with Crippen molar-refractivity contribution in [2.45, 2.75) is 18.8 Å². The lowest BCUT2D eigenvalue weighted by Crippen LogP contribution is -2.24. The maximum absolute atomic E-state index is 5.21. The van der Waals surface area contributed by atoms with Gasteiger partial charge in [-0.15, -0.1) is 0 Å². The van der Waals surface area contributed by atoms with Gasteiger partial charge in [0.2, 0.25) is 0 Å². The standard InChI is InChI=1S/C56H40N2/c1-3-12-35(13-4-1)39-18-11-19-43(29-39)53-34-54(58-56(57-53)37-15-5-2-6-16-37)44-25-23-40(30-44)41-26-27-46-49(31-41)51-32-48(42-24-22-36-14-7-8-17-38(36)28-42)45-20-9-10-21-47(45)55(51)52-33-50(46)52/h1-29,31-32,34,45,47,50,52H,30,33H2. The van der Waals surface area contributed by atoms with Crippen LogP contribution in [0.3, 0.4) is 0 Å². The Labute approximate surface area is 339 Å². The molecule has 0 aliphatic heterocycles. The quantitative estimate of drug-likeness (QED) is 0.170. The van der Waals surface area contributed by atoms with Crippen molar-refractivity contribution in [2.75, 3.05) is 0 Å². The molecule has 1 saturated carbocycles. The van der Waals surface area contributed by atoms with Gasteiger partial charge in [-0.05, 0) is 115 Å². The molecule has 4 unspecified atom stereocenters. The highest BCUT2D eigenvalue weighted by Crippen LogP contribution is 2.64. The first-order valence-corrected chi connectivity index (χ1v) is 20.7. The summed E-state index contributed by atoms with van der Waals surface area (Å²) in [5.74, 6) is 2.78. The molecule has 6 aromatic carbocycles. The third-order valence-electron chi connectivity index (χ3n) is 13.1. The van der Waals surface area contributed by atoms with Crippen LogP contribution in [0.2, 0.25) is 0 Å². The molecular formula is C56H40N2. The molecule has 0 N–H and O–H groups in total. The van der Waals surface area contributed by atoms with Crippen molar-refractivity contribution in [3.63, 3.8) is 0 Å². The number of allylic oxidation sites excluding steroid dienone is 12. The molecule has 1 aromatic heterocycles. The first-order chi connectivity index (χ1) is 28.7. The zero-order valence-corrected chi connectivity index (χ0v) is 32.1. The first kappa shape index (κ1) is 33.3. The summed E-state index contributed by atoms with van der Waals surface area (Å²) in [5, 5.41) is 2.58. The molecule has 1 fully saturated rings. The van der Waals surface area contributed by atoms with Gasteiger partial charge in [-0.1, -0.05) is 169 Å². The first-order valence-electron chi connectivity index (χ1n) is 20.7. The number of hydrogen-bond donors (Lipinski definition) is 0. The Bertz CT molecular complexity index is 3010. The minimum atomic E-state index is 0.361. The number of aromatic nitrogens is 2. The van der Waals surface area contributed by atoms with Crippen molar-refractivity contribution in [1.29, 1.82) is 0 Å². The minimum Gasteiger partial charge on any atom is -0.228 e. The van der Waals surface area contributed by atoms with Gasteiger partial charge < -0.3 is 0 Å².